The van der Waals surface area contributed by atoms with Crippen LogP contribution in [0.4, 0.5) is 5.69 Å². The van der Waals surface area contributed by atoms with Crippen molar-refractivity contribution in [2.24, 2.45) is 5.73 Å². The number of sulfonamides is 1. The summed E-state index contributed by atoms with van der Waals surface area (Å²) >= 11 is 9.92. The Balaban J connectivity index is 3.13. The first-order valence-electron chi connectivity index (χ1n) is 4.64. The highest BCUT2D eigenvalue weighted by Crippen LogP contribution is 2.35. The lowest BCUT2D eigenvalue weighted by Crippen LogP contribution is -2.31. The van der Waals surface area contributed by atoms with E-state index >= 15 is 0 Å². The molecule has 96 valence electrons. The van der Waals surface area contributed by atoms with E-state index in [1.54, 1.807) is 19.1 Å². The number of halogens is 3. The van der Waals surface area contributed by atoms with E-state index in [1.807, 2.05) is 0 Å². The minimum atomic E-state index is -3.47. The van der Waals surface area contributed by atoms with Crippen molar-refractivity contribution in [2.75, 3.05) is 11.3 Å². The summed E-state index contributed by atoms with van der Waals surface area (Å²) in [4.78, 5) is 0. The van der Waals surface area contributed by atoms with Gasteiger partial charge in [0.15, 0.2) is 0 Å². The number of nitrogens with two attached hydrogens (primary N) is 1. The van der Waals surface area contributed by atoms with Crippen LogP contribution in [0.2, 0.25) is 0 Å². The third kappa shape index (κ3) is 3.92. The molecule has 1 aromatic rings. The number of hydrogen-bond acceptors (Lipinski definition) is 3. The summed E-state index contributed by atoms with van der Waals surface area (Å²) in [6, 6.07) is 3.52. The van der Waals surface area contributed by atoms with Gasteiger partial charge in [-0.25, -0.2) is 8.42 Å². The van der Waals surface area contributed by atoms with E-state index < -0.39 is 15.3 Å². The van der Waals surface area contributed by atoms with Gasteiger partial charge in [-0.15, -0.1) is 0 Å². The van der Waals surface area contributed by atoms with Crippen LogP contribution in [0.5, 0.6) is 0 Å². The fraction of sp³-hybridized carbons (Fsp3) is 0.333. The first kappa shape index (κ1) is 15.4. The van der Waals surface area contributed by atoms with Crippen molar-refractivity contribution in [1.29, 1.82) is 0 Å². The largest absolute Gasteiger partial charge is 0.329 e. The maximum atomic E-state index is 11.9. The lowest BCUT2D eigenvalue weighted by molar-refractivity contribution is 0.589. The lowest BCUT2D eigenvalue weighted by atomic mass is 10.3. The van der Waals surface area contributed by atoms with Crippen LogP contribution in [0.1, 0.15) is 6.92 Å². The van der Waals surface area contributed by atoms with Gasteiger partial charge in [0.2, 0.25) is 10.0 Å². The van der Waals surface area contributed by atoms with Crippen LogP contribution in [0.25, 0.3) is 0 Å². The molecule has 0 aliphatic carbocycles. The molecule has 3 N–H and O–H groups in total. The molecule has 17 heavy (non-hydrogen) atoms. The van der Waals surface area contributed by atoms with E-state index in [0.717, 1.165) is 4.47 Å². The molecule has 1 unspecified atom stereocenters. The van der Waals surface area contributed by atoms with Crippen LogP contribution in [0, 0.1) is 0 Å². The number of nitrogens with one attached hydrogen (secondary N) is 1. The maximum Gasteiger partial charge on any atom is 0.236 e. The second kappa shape index (κ2) is 6.01. The number of anilines is 1. The molecule has 0 aromatic heterocycles. The van der Waals surface area contributed by atoms with Gasteiger partial charge in [-0.2, -0.15) is 0 Å². The van der Waals surface area contributed by atoms with Crippen LogP contribution >= 0.6 is 47.8 Å². The standard InChI is InChI=1S/C9H11Br3N2O2S/c1-5(4-13)17(15,16)14-9-7(11)2-6(10)3-8(9)12/h2-3,5,14H,4,13H2,1H3. The van der Waals surface area contributed by atoms with E-state index in [0.29, 0.717) is 14.6 Å². The summed E-state index contributed by atoms with van der Waals surface area (Å²) in [6.07, 6.45) is 0. The Hall–Kier alpha value is 0.370. The van der Waals surface area contributed by atoms with Crippen LogP contribution in [0.3, 0.4) is 0 Å². The number of benzene rings is 1. The summed E-state index contributed by atoms with van der Waals surface area (Å²) < 4.78 is 28.4. The SMILES string of the molecule is CC(CN)S(=O)(=O)Nc1c(Br)cc(Br)cc1Br. The quantitative estimate of drug-likeness (QED) is 0.740. The molecule has 4 nitrogen and oxygen atoms in total. The van der Waals surface area contributed by atoms with Gasteiger partial charge in [0.1, 0.15) is 0 Å². The van der Waals surface area contributed by atoms with Crippen molar-refractivity contribution in [3.63, 3.8) is 0 Å². The number of rotatable bonds is 4. The lowest BCUT2D eigenvalue weighted by Gasteiger charge is -2.15. The summed E-state index contributed by atoms with van der Waals surface area (Å²) in [6.45, 7) is 1.63. The predicted molar refractivity (Wildman–Crippen MR) is 80.6 cm³/mol. The molecule has 1 aromatic carbocycles. The first-order chi connectivity index (χ1) is 7.77. The van der Waals surface area contributed by atoms with Gasteiger partial charge >= 0.3 is 0 Å². The van der Waals surface area contributed by atoms with Crippen molar-refractivity contribution in [3.05, 3.63) is 25.6 Å². The minimum absolute atomic E-state index is 0.0705. The predicted octanol–water partition coefficient (Wildman–Crippen LogP) is 3.06. The molecule has 0 saturated carbocycles. The Morgan fingerprint density at radius 3 is 2.18 bits per heavy atom. The van der Waals surface area contributed by atoms with Crippen LogP contribution < -0.4 is 10.5 Å². The van der Waals surface area contributed by atoms with Crippen LogP contribution in [-0.4, -0.2) is 20.2 Å². The summed E-state index contributed by atoms with van der Waals surface area (Å²) in [7, 11) is -3.47. The van der Waals surface area contributed by atoms with E-state index in [-0.39, 0.29) is 6.54 Å². The third-order valence-electron chi connectivity index (χ3n) is 2.11. The number of hydrogen-bond donors (Lipinski definition) is 2. The van der Waals surface area contributed by atoms with Gasteiger partial charge in [-0.3, -0.25) is 4.72 Å². The zero-order chi connectivity index (χ0) is 13.2. The second-order valence-electron chi connectivity index (χ2n) is 3.44. The highest BCUT2D eigenvalue weighted by Gasteiger charge is 2.21. The fourth-order valence-electron chi connectivity index (χ4n) is 1.01. The molecular weight excluding hydrogens is 440 g/mol. The third-order valence-corrected chi connectivity index (χ3v) is 5.56. The summed E-state index contributed by atoms with van der Waals surface area (Å²) in [5, 5.41) is -0.648. The van der Waals surface area contributed by atoms with Crippen molar-refractivity contribution >= 4 is 63.5 Å². The van der Waals surface area contributed by atoms with Crippen molar-refractivity contribution < 1.29 is 8.42 Å². The normalized spacial score (nSPS) is 13.5. The van der Waals surface area contributed by atoms with Gasteiger partial charge in [0, 0.05) is 20.0 Å². The molecule has 0 aliphatic rings. The molecular formula is C9H11Br3N2O2S. The Morgan fingerprint density at radius 2 is 1.76 bits per heavy atom. The fourth-order valence-corrected chi connectivity index (χ4v) is 4.69. The average Bonchev–Trinajstić information content (AvgIpc) is 2.22. The van der Waals surface area contributed by atoms with Crippen molar-refractivity contribution in [2.45, 2.75) is 12.2 Å². The van der Waals surface area contributed by atoms with Crippen LogP contribution in [0.15, 0.2) is 25.6 Å². The maximum absolute atomic E-state index is 11.9. The first-order valence-corrected chi connectivity index (χ1v) is 8.56. The second-order valence-corrected chi connectivity index (χ2v) is 8.16. The minimum Gasteiger partial charge on any atom is -0.329 e. The van der Waals surface area contributed by atoms with Gasteiger partial charge in [0.25, 0.3) is 0 Å². The molecule has 1 atom stereocenters. The molecule has 0 saturated heterocycles. The Kier molecular flexibility index (Phi) is 5.45. The van der Waals surface area contributed by atoms with E-state index in [9.17, 15) is 8.42 Å². The molecule has 1 rings (SSSR count). The Labute approximate surface area is 126 Å². The molecule has 0 aliphatic heterocycles. The van der Waals surface area contributed by atoms with Crippen LogP contribution in [-0.2, 0) is 10.0 Å². The van der Waals surface area contributed by atoms with Gasteiger partial charge < -0.3 is 5.73 Å². The van der Waals surface area contributed by atoms with Crippen molar-refractivity contribution in [1.82, 2.24) is 0 Å². The highest BCUT2D eigenvalue weighted by atomic mass is 79.9. The molecule has 0 bridgehead atoms. The van der Waals surface area contributed by atoms with Gasteiger partial charge in [-0.1, -0.05) is 15.9 Å². The molecule has 0 fully saturated rings. The zero-order valence-electron chi connectivity index (χ0n) is 8.88. The summed E-state index contributed by atoms with van der Waals surface area (Å²) in [5.41, 5.74) is 5.83. The molecule has 8 heteroatoms. The van der Waals surface area contributed by atoms with Crippen molar-refractivity contribution in [3.8, 4) is 0 Å². The van der Waals surface area contributed by atoms with E-state index in [4.69, 9.17) is 5.73 Å². The molecule has 0 radical (unpaired) electrons. The van der Waals surface area contributed by atoms with E-state index in [1.165, 1.54) is 0 Å². The highest BCUT2D eigenvalue weighted by molar-refractivity contribution is 9.11. The average molecular weight is 451 g/mol. The Morgan fingerprint density at radius 1 is 1.29 bits per heavy atom. The van der Waals surface area contributed by atoms with Gasteiger partial charge in [0.05, 0.1) is 10.9 Å². The summed E-state index contributed by atoms with van der Waals surface area (Å²) in [5.74, 6) is 0. The topological polar surface area (TPSA) is 72.2 Å². The molecule has 0 heterocycles. The monoisotopic (exact) mass is 448 g/mol. The molecule has 0 spiro atoms. The Bertz CT molecular complexity index is 496. The smallest absolute Gasteiger partial charge is 0.236 e. The zero-order valence-corrected chi connectivity index (χ0v) is 14.4. The molecule has 0 amide bonds. The van der Waals surface area contributed by atoms with E-state index in [2.05, 4.69) is 52.5 Å². The van der Waals surface area contributed by atoms with Gasteiger partial charge in [-0.05, 0) is 50.9 Å².